The van der Waals surface area contributed by atoms with Crippen LogP contribution in [-0.2, 0) is 12.8 Å². The lowest BCUT2D eigenvalue weighted by Crippen LogP contribution is -2.49. The van der Waals surface area contributed by atoms with E-state index in [4.69, 9.17) is 4.52 Å². The first-order valence-electron chi connectivity index (χ1n) is 9.11. The molecule has 132 valence electrons. The van der Waals surface area contributed by atoms with Gasteiger partial charge in [-0.2, -0.15) is 4.98 Å². The van der Waals surface area contributed by atoms with Crippen molar-refractivity contribution in [1.29, 1.82) is 0 Å². The Morgan fingerprint density at radius 2 is 1.96 bits per heavy atom. The Hall–Kier alpha value is -2.37. The lowest BCUT2D eigenvalue weighted by Gasteiger charge is -2.33. The van der Waals surface area contributed by atoms with Gasteiger partial charge in [0, 0.05) is 32.0 Å². The van der Waals surface area contributed by atoms with Crippen LogP contribution in [0.4, 0.5) is 4.79 Å². The van der Waals surface area contributed by atoms with Crippen molar-refractivity contribution in [2.45, 2.75) is 51.0 Å². The minimum Gasteiger partial charge on any atom is -0.340 e. The number of aromatic nitrogens is 2. The highest BCUT2D eigenvalue weighted by molar-refractivity contribution is 5.74. The molecular formula is C19H24N4O2. The number of urea groups is 1. The Morgan fingerprint density at radius 1 is 1.20 bits per heavy atom. The summed E-state index contributed by atoms with van der Waals surface area (Å²) in [5, 5.41) is 7.24. The number of piperidine rings is 1. The van der Waals surface area contributed by atoms with E-state index in [1.165, 1.54) is 11.1 Å². The summed E-state index contributed by atoms with van der Waals surface area (Å²) in [6.45, 7) is 3.29. The first-order valence-corrected chi connectivity index (χ1v) is 9.11. The fraction of sp³-hybridized carbons (Fsp3) is 0.526. The molecule has 1 saturated heterocycles. The molecule has 0 spiro atoms. The quantitative estimate of drug-likeness (QED) is 0.912. The molecule has 25 heavy (non-hydrogen) atoms. The number of hydrogen-bond donors (Lipinski definition) is 1. The molecule has 1 aromatic carbocycles. The molecular weight excluding hydrogens is 316 g/mol. The summed E-state index contributed by atoms with van der Waals surface area (Å²) in [4.78, 5) is 18.8. The van der Waals surface area contributed by atoms with Gasteiger partial charge in [0.1, 0.15) is 0 Å². The van der Waals surface area contributed by atoms with Crippen molar-refractivity contribution in [2.24, 2.45) is 0 Å². The Morgan fingerprint density at radius 3 is 2.68 bits per heavy atom. The fourth-order valence-electron chi connectivity index (χ4n) is 3.91. The third kappa shape index (κ3) is 3.52. The second-order valence-electron chi connectivity index (χ2n) is 7.09. The van der Waals surface area contributed by atoms with Gasteiger partial charge >= 0.3 is 6.03 Å². The van der Waals surface area contributed by atoms with E-state index in [9.17, 15) is 4.79 Å². The zero-order valence-corrected chi connectivity index (χ0v) is 14.6. The van der Waals surface area contributed by atoms with Crippen molar-refractivity contribution in [1.82, 2.24) is 20.4 Å². The van der Waals surface area contributed by atoms with E-state index in [1.807, 2.05) is 4.90 Å². The second-order valence-corrected chi connectivity index (χ2v) is 7.09. The summed E-state index contributed by atoms with van der Waals surface area (Å²) in [6.07, 6.45) is 4.77. The average molecular weight is 340 g/mol. The van der Waals surface area contributed by atoms with Gasteiger partial charge in [-0.3, -0.25) is 0 Å². The molecule has 2 heterocycles. The van der Waals surface area contributed by atoms with E-state index in [1.54, 1.807) is 6.92 Å². The zero-order valence-electron chi connectivity index (χ0n) is 14.6. The number of rotatable bonds is 2. The summed E-state index contributed by atoms with van der Waals surface area (Å²) >= 11 is 0. The van der Waals surface area contributed by atoms with Crippen LogP contribution in [0, 0.1) is 6.92 Å². The second kappa shape index (κ2) is 6.86. The number of nitrogens with one attached hydrogen (secondary N) is 1. The summed E-state index contributed by atoms with van der Waals surface area (Å²) in [5.41, 5.74) is 2.79. The topological polar surface area (TPSA) is 71.3 Å². The van der Waals surface area contributed by atoms with Crippen molar-refractivity contribution >= 4 is 6.03 Å². The van der Waals surface area contributed by atoms with Crippen molar-refractivity contribution in [3.05, 3.63) is 47.1 Å². The molecule has 6 nitrogen and oxygen atoms in total. The number of carbonyl (C=O) groups excluding carboxylic acids is 1. The van der Waals surface area contributed by atoms with Gasteiger partial charge in [0.05, 0.1) is 0 Å². The van der Waals surface area contributed by atoms with E-state index >= 15 is 0 Å². The third-order valence-corrected chi connectivity index (χ3v) is 5.37. The minimum atomic E-state index is 0.0622. The average Bonchev–Trinajstić information content (AvgIpc) is 3.08. The number of likely N-dealkylation sites (tertiary alicyclic amines) is 1. The molecule has 0 bridgehead atoms. The maximum atomic E-state index is 12.6. The largest absolute Gasteiger partial charge is 0.340 e. The van der Waals surface area contributed by atoms with Crippen LogP contribution in [0.2, 0.25) is 0 Å². The van der Waals surface area contributed by atoms with E-state index in [-0.39, 0.29) is 12.1 Å². The van der Waals surface area contributed by atoms with Gasteiger partial charge in [-0.25, -0.2) is 4.79 Å². The van der Waals surface area contributed by atoms with Gasteiger partial charge in [-0.05, 0) is 43.2 Å². The van der Waals surface area contributed by atoms with Crippen LogP contribution in [-0.4, -0.2) is 40.2 Å². The standard InChI is InChI=1S/C19H24N4O2/c1-13-20-18(22-25-13)15-8-10-23(11-9-15)19(24)21-17-7-6-14-4-2-3-5-16(14)12-17/h2-5,15,17H,6-12H2,1H3,(H,21,24)/t17-/m0/s1. The molecule has 1 atom stereocenters. The summed E-state index contributed by atoms with van der Waals surface area (Å²) < 4.78 is 5.07. The number of nitrogens with zero attached hydrogens (tertiary/aromatic N) is 3. The van der Waals surface area contributed by atoms with E-state index in [2.05, 4.69) is 39.7 Å². The maximum absolute atomic E-state index is 12.6. The first-order chi connectivity index (χ1) is 12.2. The lowest BCUT2D eigenvalue weighted by atomic mass is 9.88. The lowest BCUT2D eigenvalue weighted by molar-refractivity contribution is 0.175. The first kappa shape index (κ1) is 16.1. The monoisotopic (exact) mass is 340 g/mol. The molecule has 0 saturated carbocycles. The molecule has 1 N–H and O–H groups in total. The van der Waals surface area contributed by atoms with Crippen LogP contribution in [0.3, 0.4) is 0 Å². The van der Waals surface area contributed by atoms with Gasteiger partial charge in [-0.1, -0.05) is 29.4 Å². The predicted molar refractivity (Wildman–Crippen MR) is 93.4 cm³/mol. The highest BCUT2D eigenvalue weighted by atomic mass is 16.5. The molecule has 6 heteroatoms. The number of benzene rings is 1. The van der Waals surface area contributed by atoms with Gasteiger partial charge in [0.2, 0.25) is 5.89 Å². The molecule has 1 aliphatic carbocycles. The van der Waals surface area contributed by atoms with Crippen LogP contribution in [0.15, 0.2) is 28.8 Å². The number of fused-ring (bicyclic) bond motifs is 1. The molecule has 0 radical (unpaired) electrons. The number of hydrogen-bond acceptors (Lipinski definition) is 4. The summed E-state index contributed by atoms with van der Waals surface area (Å²) in [5.74, 6) is 1.68. The molecule has 1 fully saturated rings. The predicted octanol–water partition coefficient (Wildman–Crippen LogP) is 2.82. The Kier molecular flexibility index (Phi) is 4.42. The van der Waals surface area contributed by atoms with Crippen LogP contribution < -0.4 is 5.32 Å². The number of amides is 2. The van der Waals surface area contributed by atoms with Gasteiger partial charge in [-0.15, -0.1) is 0 Å². The van der Waals surface area contributed by atoms with Crippen LogP contribution >= 0.6 is 0 Å². The van der Waals surface area contributed by atoms with Gasteiger partial charge in [0.15, 0.2) is 5.82 Å². The van der Waals surface area contributed by atoms with Gasteiger partial charge < -0.3 is 14.7 Å². The SMILES string of the molecule is Cc1nc(C2CCN(C(=O)N[C@H]3CCc4ccccc4C3)CC2)no1. The van der Waals surface area contributed by atoms with Gasteiger partial charge in [0.25, 0.3) is 0 Å². The molecule has 2 aliphatic rings. The molecule has 1 aromatic heterocycles. The van der Waals surface area contributed by atoms with Crippen molar-refractivity contribution in [2.75, 3.05) is 13.1 Å². The molecule has 1 aliphatic heterocycles. The van der Waals surface area contributed by atoms with Crippen molar-refractivity contribution in [3.63, 3.8) is 0 Å². The molecule has 4 rings (SSSR count). The fourth-order valence-corrected chi connectivity index (χ4v) is 3.91. The molecule has 0 unspecified atom stereocenters. The van der Waals surface area contributed by atoms with Crippen LogP contribution in [0.25, 0.3) is 0 Å². The Balaban J connectivity index is 1.30. The number of aryl methyl sites for hydroxylation is 2. The Bertz CT molecular complexity index is 749. The van der Waals surface area contributed by atoms with Crippen molar-refractivity contribution < 1.29 is 9.32 Å². The zero-order chi connectivity index (χ0) is 17.2. The third-order valence-electron chi connectivity index (χ3n) is 5.37. The summed E-state index contributed by atoms with van der Waals surface area (Å²) in [6, 6.07) is 8.83. The van der Waals surface area contributed by atoms with E-state index < -0.39 is 0 Å². The smallest absolute Gasteiger partial charge is 0.317 e. The molecule has 2 aromatic rings. The van der Waals surface area contributed by atoms with Crippen LogP contribution in [0.5, 0.6) is 0 Å². The maximum Gasteiger partial charge on any atom is 0.317 e. The molecule has 2 amide bonds. The highest BCUT2D eigenvalue weighted by Gasteiger charge is 2.28. The Labute approximate surface area is 147 Å². The highest BCUT2D eigenvalue weighted by Crippen LogP contribution is 2.26. The summed E-state index contributed by atoms with van der Waals surface area (Å²) in [7, 11) is 0. The minimum absolute atomic E-state index is 0.0622. The van der Waals surface area contributed by atoms with E-state index in [0.29, 0.717) is 11.8 Å². The van der Waals surface area contributed by atoms with Crippen LogP contribution in [0.1, 0.15) is 48.0 Å². The number of carbonyl (C=O) groups is 1. The van der Waals surface area contributed by atoms with Crippen molar-refractivity contribution in [3.8, 4) is 0 Å². The van der Waals surface area contributed by atoms with E-state index in [0.717, 1.165) is 51.0 Å². The normalized spacial score (nSPS) is 21.0.